The number of hydrogen-bond donors (Lipinski definition) is 0. The van der Waals surface area contributed by atoms with E-state index in [-0.39, 0.29) is 11.3 Å². The van der Waals surface area contributed by atoms with Crippen molar-refractivity contribution in [1.29, 1.82) is 0 Å². The van der Waals surface area contributed by atoms with Crippen LogP contribution in [0.5, 0.6) is 0 Å². The van der Waals surface area contributed by atoms with Gasteiger partial charge in [-0.15, -0.1) is 10.2 Å². The summed E-state index contributed by atoms with van der Waals surface area (Å²) < 4.78 is 31.4. The number of rotatable bonds is 4. The maximum atomic E-state index is 13.8. The lowest BCUT2D eigenvalue weighted by Gasteiger charge is -2.08. The molecular weight excluding hydrogens is 342 g/mol. The highest BCUT2D eigenvalue weighted by atomic mass is 32.2. The van der Waals surface area contributed by atoms with Crippen LogP contribution in [0.4, 0.5) is 8.78 Å². The van der Waals surface area contributed by atoms with Crippen molar-refractivity contribution in [2.24, 2.45) is 7.05 Å². The first-order chi connectivity index (χ1) is 12.1. The van der Waals surface area contributed by atoms with Gasteiger partial charge in [0.2, 0.25) is 0 Å². The van der Waals surface area contributed by atoms with Crippen molar-refractivity contribution in [3.63, 3.8) is 0 Å². The first-order valence-electron chi connectivity index (χ1n) is 7.64. The van der Waals surface area contributed by atoms with Gasteiger partial charge in [0.25, 0.3) is 0 Å². The Kier molecular flexibility index (Phi) is 4.01. The largest absolute Gasteiger partial charge is 0.351 e. The van der Waals surface area contributed by atoms with E-state index in [2.05, 4.69) is 10.2 Å². The monoisotopic (exact) mass is 356 g/mol. The molecule has 25 heavy (non-hydrogen) atoms. The Hall–Kier alpha value is -2.67. The Labute approximate surface area is 147 Å². The van der Waals surface area contributed by atoms with E-state index >= 15 is 0 Å². The molecule has 0 aliphatic carbocycles. The first kappa shape index (κ1) is 15.8. The third kappa shape index (κ3) is 2.91. The third-order valence-electron chi connectivity index (χ3n) is 4.07. The summed E-state index contributed by atoms with van der Waals surface area (Å²) in [7, 11) is 1.99. The van der Waals surface area contributed by atoms with Crippen LogP contribution in [0.3, 0.4) is 0 Å². The van der Waals surface area contributed by atoms with Gasteiger partial charge in [0.05, 0.1) is 0 Å². The molecule has 4 rings (SSSR count). The van der Waals surface area contributed by atoms with E-state index < -0.39 is 11.6 Å². The number of nitrogens with zero attached hydrogens (tertiary/aromatic N) is 4. The second-order valence-corrected chi connectivity index (χ2v) is 6.58. The molecule has 0 unspecified atom stereocenters. The molecule has 0 aliphatic rings. The Morgan fingerprint density at radius 1 is 1.08 bits per heavy atom. The quantitative estimate of drug-likeness (QED) is 0.511. The summed E-state index contributed by atoms with van der Waals surface area (Å²) in [4.78, 5) is 0. The first-order valence-corrected chi connectivity index (χ1v) is 8.63. The average molecular weight is 356 g/mol. The Morgan fingerprint density at radius 3 is 2.68 bits per heavy atom. The van der Waals surface area contributed by atoms with E-state index in [1.807, 2.05) is 46.6 Å². The SMILES string of the molecule is Cn1ccc2cc(-n3cnnc3SCc3c(F)cccc3F)ccc21. The predicted octanol–water partition coefficient (Wildman–Crippen LogP) is 4.33. The number of thioether (sulfide) groups is 1. The lowest BCUT2D eigenvalue weighted by Crippen LogP contribution is -1.97. The molecule has 0 spiro atoms. The summed E-state index contributed by atoms with van der Waals surface area (Å²) >= 11 is 1.24. The van der Waals surface area contributed by atoms with Gasteiger partial charge >= 0.3 is 0 Å². The van der Waals surface area contributed by atoms with E-state index in [1.54, 1.807) is 6.33 Å². The molecule has 0 saturated heterocycles. The molecule has 7 heteroatoms. The molecule has 0 aliphatic heterocycles. The van der Waals surface area contributed by atoms with Gasteiger partial charge in [-0.2, -0.15) is 0 Å². The van der Waals surface area contributed by atoms with Gasteiger partial charge in [-0.25, -0.2) is 8.78 Å². The molecule has 126 valence electrons. The highest BCUT2D eigenvalue weighted by molar-refractivity contribution is 7.98. The molecule has 2 heterocycles. The summed E-state index contributed by atoms with van der Waals surface area (Å²) in [5, 5.41) is 9.70. The van der Waals surface area contributed by atoms with Crippen LogP contribution in [-0.2, 0) is 12.8 Å². The zero-order valence-electron chi connectivity index (χ0n) is 13.4. The summed E-state index contributed by atoms with van der Waals surface area (Å²) in [6.45, 7) is 0. The smallest absolute Gasteiger partial charge is 0.195 e. The van der Waals surface area contributed by atoms with Gasteiger partial charge in [-0.1, -0.05) is 17.8 Å². The molecule has 0 atom stereocenters. The van der Waals surface area contributed by atoms with Gasteiger partial charge in [-0.3, -0.25) is 4.57 Å². The highest BCUT2D eigenvalue weighted by Gasteiger charge is 2.13. The predicted molar refractivity (Wildman–Crippen MR) is 93.8 cm³/mol. The van der Waals surface area contributed by atoms with E-state index in [0.717, 1.165) is 16.6 Å². The molecule has 2 aromatic heterocycles. The fraction of sp³-hybridized carbons (Fsp3) is 0.111. The van der Waals surface area contributed by atoms with Gasteiger partial charge < -0.3 is 4.57 Å². The minimum absolute atomic E-state index is 0.0422. The van der Waals surface area contributed by atoms with Crippen molar-refractivity contribution in [2.45, 2.75) is 10.9 Å². The van der Waals surface area contributed by atoms with Crippen LogP contribution in [-0.4, -0.2) is 19.3 Å². The van der Waals surface area contributed by atoms with Crippen LogP contribution in [0, 0.1) is 11.6 Å². The molecule has 0 amide bonds. The van der Waals surface area contributed by atoms with E-state index in [1.165, 1.54) is 30.0 Å². The Morgan fingerprint density at radius 2 is 1.88 bits per heavy atom. The minimum atomic E-state index is -0.552. The third-order valence-corrected chi connectivity index (χ3v) is 5.04. The van der Waals surface area contributed by atoms with Crippen molar-refractivity contribution < 1.29 is 8.78 Å². The fourth-order valence-electron chi connectivity index (χ4n) is 2.73. The fourth-order valence-corrected chi connectivity index (χ4v) is 3.67. The Balaban J connectivity index is 1.63. The molecule has 0 N–H and O–H groups in total. The van der Waals surface area contributed by atoms with E-state index in [9.17, 15) is 8.78 Å². The maximum absolute atomic E-state index is 13.8. The molecule has 0 fully saturated rings. The van der Waals surface area contributed by atoms with E-state index in [0.29, 0.717) is 5.16 Å². The molecule has 0 bridgehead atoms. The van der Waals surface area contributed by atoms with Crippen LogP contribution in [0.1, 0.15) is 5.56 Å². The zero-order chi connectivity index (χ0) is 17.4. The number of aryl methyl sites for hydroxylation is 1. The number of halogens is 2. The number of fused-ring (bicyclic) bond motifs is 1. The van der Waals surface area contributed by atoms with Crippen LogP contribution >= 0.6 is 11.8 Å². The zero-order valence-corrected chi connectivity index (χ0v) is 14.2. The number of hydrogen-bond acceptors (Lipinski definition) is 3. The van der Waals surface area contributed by atoms with Crippen molar-refractivity contribution in [2.75, 3.05) is 0 Å². The summed E-state index contributed by atoms with van der Waals surface area (Å²) in [5.74, 6) is -0.960. The molecular formula is C18H14F2N4S. The van der Waals surface area contributed by atoms with Crippen molar-refractivity contribution in [1.82, 2.24) is 19.3 Å². The topological polar surface area (TPSA) is 35.6 Å². The van der Waals surface area contributed by atoms with Gasteiger partial charge in [0.1, 0.15) is 18.0 Å². The van der Waals surface area contributed by atoms with Gasteiger partial charge in [0.15, 0.2) is 5.16 Å². The normalized spacial score (nSPS) is 11.3. The molecule has 4 aromatic rings. The summed E-state index contributed by atoms with van der Waals surface area (Å²) in [5.41, 5.74) is 2.07. The molecule has 4 nitrogen and oxygen atoms in total. The number of aromatic nitrogens is 4. The molecule has 2 aromatic carbocycles. The lowest BCUT2D eigenvalue weighted by atomic mass is 10.2. The summed E-state index contributed by atoms with van der Waals surface area (Å²) in [6.07, 6.45) is 3.60. The van der Waals surface area contributed by atoms with Crippen molar-refractivity contribution >= 4 is 22.7 Å². The maximum Gasteiger partial charge on any atom is 0.195 e. The van der Waals surface area contributed by atoms with Crippen molar-refractivity contribution in [3.8, 4) is 5.69 Å². The van der Waals surface area contributed by atoms with E-state index in [4.69, 9.17) is 0 Å². The second-order valence-electron chi connectivity index (χ2n) is 5.64. The standard InChI is InChI=1S/C18H14F2N4S/c1-23-8-7-12-9-13(5-6-17(12)23)24-11-21-22-18(24)25-10-14-15(19)3-2-4-16(14)20/h2-9,11H,10H2,1H3. The van der Waals surface area contributed by atoms with Crippen LogP contribution in [0.25, 0.3) is 16.6 Å². The van der Waals surface area contributed by atoms with Gasteiger partial charge in [-0.05, 0) is 36.4 Å². The second kappa shape index (κ2) is 6.33. The molecule has 0 saturated carbocycles. The van der Waals surface area contributed by atoms with Gasteiger partial charge in [0, 0.05) is 41.2 Å². The van der Waals surface area contributed by atoms with Crippen LogP contribution in [0.2, 0.25) is 0 Å². The Bertz CT molecular complexity index is 1030. The highest BCUT2D eigenvalue weighted by Crippen LogP contribution is 2.27. The molecule has 0 radical (unpaired) electrons. The van der Waals surface area contributed by atoms with Crippen LogP contribution in [0.15, 0.2) is 60.1 Å². The van der Waals surface area contributed by atoms with Crippen LogP contribution < -0.4 is 0 Å². The minimum Gasteiger partial charge on any atom is -0.351 e. The lowest BCUT2D eigenvalue weighted by molar-refractivity contribution is 0.566. The van der Waals surface area contributed by atoms with Crippen molar-refractivity contribution in [3.05, 3.63) is 72.2 Å². The summed E-state index contributed by atoms with van der Waals surface area (Å²) in [6, 6.07) is 11.9. The number of benzene rings is 2. The average Bonchev–Trinajstić information content (AvgIpc) is 3.21.